The number of aromatic nitrogens is 2. The van der Waals surface area contributed by atoms with Crippen molar-refractivity contribution >= 4 is 5.95 Å². The van der Waals surface area contributed by atoms with E-state index in [9.17, 15) is 0 Å². The second-order valence-electron chi connectivity index (χ2n) is 3.44. The molecule has 1 aromatic heterocycles. The van der Waals surface area contributed by atoms with Gasteiger partial charge in [0.2, 0.25) is 5.95 Å². The van der Waals surface area contributed by atoms with Gasteiger partial charge < -0.3 is 11.1 Å². The lowest BCUT2D eigenvalue weighted by Crippen LogP contribution is -2.11. The molecule has 0 saturated heterocycles. The van der Waals surface area contributed by atoms with Gasteiger partial charge in [-0.3, -0.25) is 0 Å². The Kier molecular flexibility index (Phi) is 3.83. The second kappa shape index (κ2) is 4.91. The molecule has 0 aliphatic heterocycles. The predicted octanol–water partition coefficient (Wildman–Crippen LogP) is 0.828. The lowest BCUT2D eigenvalue weighted by Gasteiger charge is -2.08. The molecule has 0 atom stereocenters. The van der Waals surface area contributed by atoms with E-state index >= 15 is 0 Å². The number of anilines is 1. The molecule has 0 unspecified atom stereocenters. The molecule has 1 rings (SSSR count). The van der Waals surface area contributed by atoms with Crippen molar-refractivity contribution in [2.24, 2.45) is 0 Å². The highest BCUT2D eigenvalue weighted by molar-refractivity contribution is 5.30. The molecular formula is C10H18N4. The van der Waals surface area contributed by atoms with Gasteiger partial charge in [-0.05, 0) is 45.8 Å². The number of nitrogens with one attached hydrogen (secondary N) is 1. The maximum absolute atomic E-state index is 5.55. The van der Waals surface area contributed by atoms with Crippen LogP contribution in [0.5, 0.6) is 0 Å². The number of nitrogen functional groups attached to an aromatic ring is 1. The van der Waals surface area contributed by atoms with Gasteiger partial charge >= 0.3 is 0 Å². The van der Waals surface area contributed by atoms with Crippen LogP contribution in [-0.4, -0.2) is 23.6 Å². The number of hydrogen-bond acceptors (Lipinski definition) is 4. The minimum absolute atomic E-state index is 0.373. The fraction of sp³-hybridized carbons (Fsp3) is 0.600. The van der Waals surface area contributed by atoms with Gasteiger partial charge in [-0.2, -0.15) is 0 Å². The van der Waals surface area contributed by atoms with Crippen LogP contribution in [0.3, 0.4) is 0 Å². The lowest BCUT2D eigenvalue weighted by atomic mass is 10.1. The summed E-state index contributed by atoms with van der Waals surface area (Å²) in [4.78, 5) is 8.32. The molecule has 0 aliphatic rings. The molecular weight excluding hydrogens is 176 g/mol. The maximum Gasteiger partial charge on any atom is 0.220 e. The first-order valence-corrected chi connectivity index (χ1v) is 4.89. The molecule has 1 aromatic rings. The standard InChI is InChI=1S/C10H18N4/c1-7-9(5-4-6-12-3)8(2)14-10(11)13-7/h12H,4-6H2,1-3H3,(H2,11,13,14). The molecule has 0 aliphatic carbocycles. The summed E-state index contributed by atoms with van der Waals surface area (Å²) >= 11 is 0. The second-order valence-corrected chi connectivity index (χ2v) is 3.44. The van der Waals surface area contributed by atoms with Gasteiger partial charge in [0.15, 0.2) is 0 Å². The number of hydrogen-bond donors (Lipinski definition) is 2. The molecule has 4 nitrogen and oxygen atoms in total. The molecule has 0 aromatic carbocycles. The van der Waals surface area contributed by atoms with Crippen LogP contribution in [0.4, 0.5) is 5.95 Å². The van der Waals surface area contributed by atoms with Crippen LogP contribution < -0.4 is 11.1 Å². The van der Waals surface area contributed by atoms with Gasteiger partial charge in [0, 0.05) is 11.4 Å². The van der Waals surface area contributed by atoms with Gasteiger partial charge in [0.05, 0.1) is 0 Å². The van der Waals surface area contributed by atoms with Crippen molar-refractivity contribution in [1.82, 2.24) is 15.3 Å². The zero-order valence-corrected chi connectivity index (χ0v) is 9.09. The van der Waals surface area contributed by atoms with E-state index in [2.05, 4.69) is 15.3 Å². The third-order valence-electron chi connectivity index (χ3n) is 2.29. The zero-order valence-electron chi connectivity index (χ0n) is 9.09. The quantitative estimate of drug-likeness (QED) is 0.697. The summed E-state index contributed by atoms with van der Waals surface area (Å²) < 4.78 is 0. The van der Waals surface area contributed by atoms with Crippen molar-refractivity contribution in [1.29, 1.82) is 0 Å². The Morgan fingerprint density at radius 3 is 2.29 bits per heavy atom. The molecule has 0 fully saturated rings. The van der Waals surface area contributed by atoms with E-state index in [0.29, 0.717) is 5.95 Å². The largest absolute Gasteiger partial charge is 0.368 e. The first kappa shape index (κ1) is 10.9. The maximum atomic E-state index is 5.55. The molecule has 0 saturated carbocycles. The lowest BCUT2D eigenvalue weighted by molar-refractivity contribution is 0.715. The molecule has 4 heteroatoms. The Bertz CT molecular complexity index is 286. The van der Waals surface area contributed by atoms with Crippen molar-refractivity contribution in [3.8, 4) is 0 Å². The highest BCUT2D eigenvalue weighted by atomic mass is 15.0. The molecule has 14 heavy (non-hydrogen) atoms. The first-order chi connectivity index (χ1) is 6.65. The van der Waals surface area contributed by atoms with E-state index in [1.54, 1.807) is 0 Å². The highest BCUT2D eigenvalue weighted by Crippen LogP contribution is 2.12. The van der Waals surface area contributed by atoms with Crippen LogP contribution in [0.1, 0.15) is 23.4 Å². The fourth-order valence-corrected chi connectivity index (χ4v) is 1.57. The predicted molar refractivity (Wildman–Crippen MR) is 58.2 cm³/mol. The third-order valence-corrected chi connectivity index (χ3v) is 2.29. The highest BCUT2D eigenvalue weighted by Gasteiger charge is 2.05. The zero-order chi connectivity index (χ0) is 10.6. The summed E-state index contributed by atoms with van der Waals surface area (Å²) in [6.07, 6.45) is 2.12. The summed E-state index contributed by atoms with van der Waals surface area (Å²) in [5.41, 5.74) is 8.79. The van der Waals surface area contributed by atoms with Crippen LogP contribution in [-0.2, 0) is 6.42 Å². The van der Waals surface area contributed by atoms with E-state index < -0.39 is 0 Å². The van der Waals surface area contributed by atoms with E-state index in [4.69, 9.17) is 5.73 Å². The van der Waals surface area contributed by atoms with E-state index in [0.717, 1.165) is 30.8 Å². The minimum Gasteiger partial charge on any atom is -0.368 e. The molecule has 3 N–H and O–H groups in total. The normalized spacial score (nSPS) is 10.5. The van der Waals surface area contributed by atoms with Gasteiger partial charge in [-0.25, -0.2) is 9.97 Å². The Morgan fingerprint density at radius 2 is 1.79 bits per heavy atom. The molecule has 0 amide bonds. The third kappa shape index (κ3) is 2.67. The smallest absolute Gasteiger partial charge is 0.220 e. The Morgan fingerprint density at radius 1 is 1.21 bits per heavy atom. The monoisotopic (exact) mass is 194 g/mol. The number of nitrogens with zero attached hydrogens (tertiary/aromatic N) is 2. The van der Waals surface area contributed by atoms with Gasteiger partial charge in [0.1, 0.15) is 0 Å². The van der Waals surface area contributed by atoms with E-state index in [-0.39, 0.29) is 0 Å². The van der Waals surface area contributed by atoms with Crippen molar-refractivity contribution in [3.05, 3.63) is 17.0 Å². The number of rotatable bonds is 4. The van der Waals surface area contributed by atoms with Crippen LogP contribution in [0.2, 0.25) is 0 Å². The van der Waals surface area contributed by atoms with Crippen LogP contribution in [0.25, 0.3) is 0 Å². The fourth-order valence-electron chi connectivity index (χ4n) is 1.57. The Labute approximate surface area is 85.0 Å². The first-order valence-electron chi connectivity index (χ1n) is 4.89. The summed E-state index contributed by atoms with van der Waals surface area (Å²) in [5.74, 6) is 0.373. The Hall–Kier alpha value is -1.16. The van der Waals surface area contributed by atoms with Crippen LogP contribution in [0, 0.1) is 13.8 Å². The average Bonchev–Trinajstić information content (AvgIpc) is 2.09. The summed E-state index contributed by atoms with van der Waals surface area (Å²) in [5, 5.41) is 3.12. The van der Waals surface area contributed by atoms with Crippen molar-refractivity contribution < 1.29 is 0 Å². The molecule has 0 bridgehead atoms. The van der Waals surface area contributed by atoms with E-state index in [1.165, 1.54) is 5.56 Å². The SMILES string of the molecule is CNCCCc1c(C)nc(N)nc1C. The van der Waals surface area contributed by atoms with E-state index in [1.807, 2.05) is 20.9 Å². The molecule has 0 radical (unpaired) electrons. The molecule has 0 spiro atoms. The van der Waals surface area contributed by atoms with Gasteiger partial charge in [-0.1, -0.05) is 0 Å². The average molecular weight is 194 g/mol. The Balaban J connectivity index is 2.75. The van der Waals surface area contributed by atoms with Crippen molar-refractivity contribution in [2.45, 2.75) is 26.7 Å². The summed E-state index contributed by atoms with van der Waals surface area (Å²) in [7, 11) is 1.96. The summed E-state index contributed by atoms with van der Waals surface area (Å²) in [6, 6.07) is 0. The van der Waals surface area contributed by atoms with Gasteiger partial charge in [0.25, 0.3) is 0 Å². The molecule has 78 valence electrons. The van der Waals surface area contributed by atoms with Crippen molar-refractivity contribution in [3.63, 3.8) is 0 Å². The topological polar surface area (TPSA) is 63.8 Å². The summed E-state index contributed by atoms with van der Waals surface area (Å²) in [6.45, 7) is 4.99. The number of aryl methyl sites for hydroxylation is 2. The van der Waals surface area contributed by atoms with Crippen LogP contribution >= 0.6 is 0 Å². The van der Waals surface area contributed by atoms with Crippen molar-refractivity contribution in [2.75, 3.05) is 19.3 Å². The number of nitrogens with two attached hydrogens (primary N) is 1. The van der Waals surface area contributed by atoms with Crippen LogP contribution in [0.15, 0.2) is 0 Å². The minimum atomic E-state index is 0.373. The molecule has 1 heterocycles. The van der Waals surface area contributed by atoms with Gasteiger partial charge in [-0.15, -0.1) is 0 Å².